The topological polar surface area (TPSA) is 0 Å². The summed E-state index contributed by atoms with van der Waals surface area (Å²) in [7, 11) is 0.852. The van der Waals surface area contributed by atoms with Crippen molar-refractivity contribution in [2.75, 3.05) is 6.66 Å². The van der Waals surface area contributed by atoms with Crippen LogP contribution in [0.4, 0.5) is 0 Å². The second kappa shape index (κ2) is 2.49. The molecule has 0 rings (SSSR count). The lowest BCUT2D eigenvalue weighted by Gasteiger charge is -1.66. The van der Waals surface area contributed by atoms with Gasteiger partial charge in [-0.15, -0.1) is 6.13 Å². The van der Waals surface area contributed by atoms with Crippen molar-refractivity contribution in [3.63, 3.8) is 0 Å². The van der Waals surface area contributed by atoms with E-state index >= 15 is 0 Å². The Hall–Kier alpha value is 0.250. The third kappa shape index (κ3) is 4.25. The molecular weight excluding hydrogens is 98.0 g/mol. The Bertz CT molecular complexity index is 84.8. The van der Waals surface area contributed by atoms with E-state index < -0.39 is 0 Å². The zero-order valence-corrected chi connectivity index (χ0v) is 4.97. The molecule has 0 spiro atoms. The minimum absolute atomic E-state index is 0.237. The Morgan fingerprint density at radius 2 is 2.20 bits per heavy atom. The quantitative estimate of drug-likeness (QED) is 0.412. The highest BCUT2D eigenvalue weighted by Gasteiger charge is 1.55. The van der Waals surface area contributed by atoms with Crippen molar-refractivity contribution >= 4 is 21.3 Å². The van der Waals surface area contributed by atoms with Gasteiger partial charge in [0.25, 0.3) is 0 Å². The molecular formula is C3H6P2. The van der Waals surface area contributed by atoms with E-state index in [2.05, 4.69) is 6.30 Å². The van der Waals surface area contributed by atoms with E-state index in [0.717, 1.165) is 7.89 Å². The van der Waals surface area contributed by atoms with Crippen LogP contribution in [0.3, 0.4) is 0 Å². The predicted molar refractivity (Wildman–Crippen MR) is 31.8 cm³/mol. The SMILES string of the molecule is C#P(C)P=C. The summed E-state index contributed by atoms with van der Waals surface area (Å²) < 4.78 is 0. The second-order valence-corrected chi connectivity index (χ2v) is 4.89. The third-order valence-electron chi connectivity index (χ3n) is 0.223. The van der Waals surface area contributed by atoms with Crippen LogP contribution in [0.2, 0.25) is 0 Å². The molecule has 0 heterocycles. The van der Waals surface area contributed by atoms with Crippen LogP contribution in [0.15, 0.2) is 0 Å². The fourth-order valence-electron chi connectivity index (χ4n) is 0. The standard InChI is InChI=1S/C3H6P2/c1-4-5(2)3/h2H,1H2,3H3. The minimum atomic E-state index is -0.237. The molecule has 0 aromatic rings. The van der Waals surface area contributed by atoms with Crippen LogP contribution in [0.1, 0.15) is 0 Å². The molecule has 28 valence electrons. The van der Waals surface area contributed by atoms with Gasteiger partial charge in [0.2, 0.25) is 0 Å². The van der Waals surface area contributed by atoms with Crippen molar-refractivity contribution in [1.29, 1.82) is 0 Å². The number of hydrogen-bond donors (Lipinski definition) is 0. The number of hydrogen-bond acceptors (Lipinski definition) is 0. The molecule has 1 unspecified atom stereocenters. The summed E-state index contributed by atoms with van der Waals surface area (Å²) in [5, 5.41) is 0. The van der Waals surface area contributed by atoms with Crippen molar-refractivity contribution in [2.24, 2.45) is 0 Å². The molecule has 0 aliphatic carbocycles. The van der Waals surface area contributed by atoms with Crippen molar-refractivity contribution in [3.8, 4) is 6.13 Å². The van der Waals surface area contributed by atoms with E-state index in [1.807, 2.05) is 6.66 Å². The predicted octanol–water partition coefficient (Wildman–Crippen LogP) is 1.98. The van der Waals surface area contributed by atoms with Gasteiger partial charge in [0.1, 0.15) is 0 Å². The molecule has 0 aliphatic heterocycles. The Kier molecular flexibility index (Phi) is 2.61. The minimum Gasteiger partial charge on any atom is -0.139 e. The highest BCUT2D eigenvalue weighted by Crippen LogP contribution is 2.25. The molecule has 0 aromatic carbocycles. The summed E-state index contributed by atoms with van der Waals surface area (Å²) in [5.41, 5.74) is 0. The van der Waals surface area contributed by atoms with Crippen molar-refractivity contribution < 1.29 is 0 Å². The van der Waals surface area contributed by atoms with Crippen LogP contribution in [0, 0.1) is 6.13 Å². The highest BCUT2D eigenvalue weighted by molar-refractivity contribution is 8.13. The maximum Gasteiger partial charge on any atom is -0.0154 e. The molecule has 0 aliphatic rings. The first-order valence-corrected chi connectivity index (χ1v) is 4.86. The summed E-state index contributed by atoms with van der Waals surface area (Å²) >= 11 is 0. The fourth-order valence-corrected chi connectivity index (χ4v) is 0. The molecule has 0 saturated carbocycles. The van der Waals surface area contributed by atoms with Gasteiger partial charge in [0.15, 0.2) is 0 Å². The number of rotatable bonds is 0. The Morgan fingerprint density at radius 3 is 2.20 bits per heavy atom. The molecule has 0 saturated heterocycles. The molecule has 0 bridgehead atoms. The van der Waals surface area contributed by atoms with E-state index in [1.54, 1.807) is 0 Å². The molecule has 1 atom stereocenters. The van der Waals surface area contributed by atoms with Crippen molar-refractivity contribution in [2.45, 2.75) is 0 Å². The van der Waals surface area contributed by atoms with Crippen molar-refractivity contribution in [1.82, 2.24) is 0 Å². The van der Waals surface area contributed by atoms with E-state index in [0.29, 0.717) is 0 Å². The van der Waals surface area contributed by atoms with Gasteiger partial charge < -0.3 is 0 Å². The zero-order chi connectivity index (χ0) is 4.28. The third-order valence-corrected chi connectivity index (χ3v) is 2.01. The smallest absolute Gasteiger partial charge is 0.0154 e. The lowest BCUT2D eigenvalue weighted by Crippen LogP contribution is -1.16. The molecule has 0 radical (unpaired) electrons. The van der Waals surface area contributed by atoms with Gasteiger partial charge >= 0.3 is 0 Å². The Labute approximate surface area is 35.0 Å². The summed E-state index contributed by atoms with van der Waals surface area (Å²) in [6.07, 6.45) is 8.84. The fraction of sp³-hybridized carbons (Fsp3) is 0.333. The summed E-state index contributed by atoms with van der Waals surface area (Å²) in [5.74, 6) is 0. The lowest BCUT2D eigenvalue weighted by molar-refractivity contribution is 2.50. The first kappa shape index (κ1) is 5.25. The maximum absolute atomic E-state index is 5.28. The molecule has 0 nitrogen and oxygen atoms in total. The zero-order valence-electron chi connectivity index (χ0n) is 3.18. The summed E-state index contributed by atoms with van der Waals surface area (Å²) in [6, 6.07) is 0. The molecule has 0 N–H and O–H groups in total. The van der Waals surface area contributed by atoms with Crippen LogP contribution in [0.25, 0.3) is 0 Å². The maximum atomic E-state index is 5.28. The van der Waals surface area contributed by atoms with Gasteiger partial charge in [0.05, 0.1) is 0 Å². The van der Waals surface area contributed by atoms with E-state index in [4.69, 9.17) is 6.13 Å². The molecule has 2 heteroatoms. The average molecular weight is 104 g/mol. The molecule has 0 aromatic heterocycles. The van der Waals surface area contributed by atoms with Crippen LogP contribution in [-0.2, 0) is 0 Å². The van der Waals surface area contributed by atoms with Crippen molar-refractivity contribution in [3.05, 3.63) is 0 Å². The van der Waals surface area contributed by atoms with E-state index in [1.165, 1.54) is 0 Å². The van der Waals surface area contributed by atoms with Gasteiger partial charge in [-0.1, -0.05) is 21.3 Å². The molecule has 5 heavy (non-hydrogen) atoms. The van der Waals surface area contributed by atoms with Gasteiger partial charge in [-0.25, -0.2) is 0 Å². The first-order chi connectivity index (χ1) is 2.27. The average Bonchev–Trinajstić information content (AvgIpc) is 1.38. The van der Waals surface area contributed by atoms with Crippen LogP contribution >= 0.6 is 15.0 Å². The van der Waals surface area contributed by atoms with E-state index in [9.17, 15) is 0 Å². The lowest BCUT2D eigenvalue weighted by atomic mass is 11.9. The Morgan fingerprint density at radius 1 is 2.00 bits per heavy atom. The van der Waals surface area contributed by atoms with E-state index in [-0.39, 0.29) is 7.07 Å². The molecule has 0 fully saturated rings. The van der Waals surface area contributed by atoms with Gasteiger partial charge in [-0.2, -0.15) is 0 Å². The largest absolute Gasteiger partial charge is 0.139 e. The van der Waals surface area contributed by atoms with Crippen LogP contribution in [-0.4, -0.2) is 13.0 Å². The summed E-state index contributed by atoms with van der Waals surface area (Å²) in [4.78, 5) is 0. The molecule has 0 amide bonds. The monoisotopic (exact) mass is 104 g/mol. The second-order valence-electron chi connectivity index (χ2n) is 0.715. The first-order valence-electron chi connectivity index (χ1n) is 1.22. The normalized spacial score (nSPS) is 11.6. The highest BCUT2D eigenvalue weighted by atomic mass is 32.0. The summed E-state index contributed by atoms with van der Waals surface area (Å²) in [6.45, 7) is 1.99. The van der Waals surface area contributed by atoms with Gasteiger partial charge in [-0.05, 0) is 6.66 Å². The van der Waals surface area contributed by atoms with Crippen LogP contribution < -0.4 is 0 Å². The van der Waals surface area contributed by atoms with Gasteiger partial charge in [0, 0.05) is 0 Å². The van der Waals surface area contributed by atoms with Gasteiger partial charge in [-0.3, -0.25) is 0 Å². The Balaban J connectivity index is 3.36. The van der Waals surface area contributed by atoms with Crippen LogP contribution in [0.5, 0.6) is 0 Å².